The summed E-state index contributed by atoms with van der Waals surface area (Å²) in [5.74, 6) is 0. The summed E-state index contributed by atoms with van der Waals surface area (Å²) in [4.78, 5) is 26.1. The Morgan fingerprint density at radius 2 is 0.950 bits per heavy atom. The summed E-state index contributed by atoms with van der Waals surface area (Å²) in [7, 11) is 0. The molecule has 0 amide bonds. The van der Waals surface area contributed by atoms with E-state index in [0.29, 0.717) is 13.1 Å². The van der Waals surface area contributed by atoms with Crippen LogP contribution in [0.15, 0.2) is 9.98 Å². The lowest BCUT2D eigenvalue weighted by atomic mass is 10.2. The number of aliphatic hydroxyl groups excluding tert-OH is 2. The Kier molecular flexibility index (Phi) is 24.0. The minimum absolute atomic E-state index is 0.283. The molecule has 0 unspecified atom stereocenters. The van der Waals surface area contributed by atoms with Crippen LogP contribution < -0.4 is 0 Å². The molecule has 0 bridgehead atoms. The molecule has 0 rings (SSSR count). The predicted octanol–water partition coefficient (Wildman–Crippen LogP) is 1.75. The van der Waals surface area contributed by atoms with Crippen LogP contribution in [0.4, 0.5) is 0 Å². The Hall–Kier alpha value is -1.32. The maximum atomic E-state index is 9.63. The molecular formula is C14H26N2O4. The van der Waals surface area contributed by atoms with Crippen LogP contribution in [0.1, 0.15) is 51.4 Å². The second kappa shape index (κ2) is 22.8. The van der Waals surface area contributed by atoms with Gasteiger partial charge >= 0.3 is 0 Å². The largest absolute Gasteiger partial charge is 0.396 e. The first kappa shape index (κ1) is 21.0. The predicted molar refractivity (Wildman–Crippen MR) is 77.1 cm³/mol. The molecule has 0 radical (unpaired) electrons. The van der Waals surface area contributed by atoms with Gasteiger partial charge in [-0.25, -0.2) is 19.6 Å². The van der Waals surface area contributed by atoms with E-state index in [9.17, 15) is 9.59 Å². The summed E-state index contributed by atoms with van der Waals surface area (Å²) in [6.45, 7) is 1.68. The number of rotatable bonds is 12. The normalized spacial score (nSPS) is 8.90. The number of nitrogens with zero attached hydrogens (tertiary/aromatic N) is 2. The van der Waals surface area contributed by atoms with Gasteiger partial charge in [0, 0.05) is 13.2 Å². The smallest absolute Gasteiger partial charge is 0.234 e. The van der Waals surface area contributed by atoms with Gasteiger partial charge < -0.3 is 10.2 Å². The lowest BCUT2D eigenvalue weighted by molar-refractivity contribution is 0.265. The van der Waals surface area contributed by atoms with E-state index in [0.717, 1.165) is 51.4 Å². The van der Waals surface area contributed by atoms with Crippen molar-refractivity contribution >= 4 is 12.2 Å². The van der Waals surface area contributed by atoms with Gasteiger partial charge in [0.1, 0.15) is 0 Å². The van der Waals surface area contributed by atoms with Crippen LogP contribution in [0.2, 0.25) is 0 Å². The molecule has 6 heteroatoms. The van der Waals surface area contributed by atoms with Crippen LogP contribution in [0.5, 0.6) is 0 Å². The number of isocyanates is 2. The van der Waals surface area contributed by atoms with Crippen LogP contribution in [0.3, 0.4) is 0 Å². The molecule has 0 saturated heterocycles. The second-order valence-corrected chi connectivity index (χ2v) is 4.22. The highest BCUT2D eigenvalue weighted by Crippen LogP contribution is 1.99. The number of aliphatic hydroxyl groups is 2. The number of hydrogen-bond donors (Lipinski definition) is 2. The maximum absolute atomic E-state index is 9.63. The Balaban J connectivity index is 0. The fraction of sp³-hybridized carbons (Fsp3) is 0.857. The van der Waals surface area contributed by atoms with E-state index < -0.39 is 0 Å². The van der Waals surface area contributed by atoms with Crippen molar-refractivity contribution in [2.24, 2.45) is 9.98 Å². The van der Waals surface area contributed by atoms with E-state index in [4.69, 9.17) is 10.2 Å². The van der Waals surface area contributed by atoms with Crippen molar-refractivity contribution in [2.45, 2.75) is 51.4 Å². The molecular weight excluding hydrogens is 260 g/mol. The van der Waals surface area contributed by atoms with E-state index >= 15 is 0 Å². The van der Waals surface area contributed by atoms with Gasteiger partial charge in [0.25, 0.3) is 0 Å². The van der Waals surface area contributed by atoms with Crippen molar-refractivity contribution in [1.29, 1.82) is 0 Å². The van der Waals surface area contributed by atoms with Gasteiger partial charge in [-0.15, -0.1) is 0 Å². The molecule has 20 heavy (non-hydrogen) atoms. The summed E-state index contributed by atoms with van der Waals surface area (Å²) < 4.78 is 0. The lowest BCUT2D eigenvalue weighted by Gasteiger charge is -1.93. The number of carbonyl (C=O) groups excluding carboxylic acids is 2. The monoisotopic (exact) mass is 286 g/mol. The first-order valence-electron chi connectivity index (χ1n) is 7.12. The molecule has 0 aromatic rings. The quantitative estimate of drug-likeness (QED) is 0.324. The molecule has 0 aliphatic heterocycles. The third-order valence-corrected chi connectivity index (χ3v) is 2.49. The minimum atomic E-state index is 0.283. The van der Waals surface area contributed by atoms with Crippen LogP contribution in [0.25, 0.3) is 0 Å². The zero-order valence-corrected chi connectivity index (χ0v) is 12.1. The fourth-order valence-corrected chi connectivity index (χ4v) is 1.40. The molecule has 0 aliphatic rings. The highest BCUT2D eigenvalue weighted by Gasteiger charge is 1.87. The molecule has 0 heterocycles. The highest BCUT2D eigenvalue weighted by molar-refractivity contribution is 5.32. The summed E-state index contributed by atoms with van der Waals surface area (Å²) in [6.07, 6.45) is 10.6. The number of unbranched alkanes of at least 4 members (excludes halogenated alkanes) is 6. The average molecular weight is 286 g/mol. The molecule has 116 valence electrons. The second-order valence-electron chi connectivity index (χ2n) is 4.22. The first-order chi connectivity index (χ1) is 9.83. The number of hydrogen-bond acceptors (Lipinski definition) is 6. The van der Waals surface area contributed by atoms with Gasteiger partial charge in [-0.2, -0.15) is 0 Å². The third kappa shape index (κ3) is 25.5. The van der Waals surface area contributed by atoms with E-state index in [1.165, 1.54) is 12.2 Å². The Bertz CT molecular complexity index is 244. The molecule has 0 aliphatic carbocycles. The summed E-state index contributed by atoms with van der Waals surface area (Å²) >= 11 is 0. The molecule has 0 spiro atoms. The molecule has 6 nitrogen and oxygen atoms in total. The average Bonchev–Trinajstić information content (AvgIpc) is 2.47. The topological polar surface area (TPSA) is 99.3 Å². The highest BCUT2D eigenvalue weighted by atomic mass is 16.3. The zero-order chi connectivity index (χ0) is 15.3. The lowest BCUT2D eigenvalue weighted by Crippen LogP contribution is -1.85. The third-order valence-electron chi connectivity index (χ3n) is 2.49. The summed E-state index contributed by atoms with van der Waals surface area (Å²) in [5, 5.41) is 16.6. The Morgan fingerprint density at radius 3 is 1.25 bits per heavy atom. The fourth-order valence-electron chi connectivity index (χ4n) is 1.40. The van der Waals surface area contributed by atoms with Crippen molar-refractivity contribution in [2.75, 3.05) is 26.3 Å². The zero-order valence-electron chi connectivity index (χ0n) is 12.1. The van der Waals surface area contributed by atoms with E-state index in [2.05, 4.69) is 9.98 Å². The first-order valence-corrected chi connectivity index (χ1v) is 7.12. The molecule has 0 aromatic carbocycles. The van der Waals surface area contributed by atoms with Crippen LogP contribution >= 0.6 is 0 Å². The molecule has 0 atom stereocenters. The Morgan fingerprint density at radius 1 is 0.600 bits per heavy atom. The molecule has 0 saturated carbocycles. The molecule has 0 fully saturated rings. The SMILES string of the molecule is O=C=NCCCCCCN=C=O.OCCCCCCO. The van der Waals surface area contributed by atoms with E-state index in [-0.39, 0.29) is 13.2 Å². The molecule has 2 N–H and O–H groups in total. The maximum Gasteiger partial charge on any atom is 0.234 e. The van der Waals surface area contributed by atoms with Gasteiger partial charge in [0.05, 0.1) is 13.1 Å². The number of aliphatic imine (C=N–C) groups is 2. The van der Waals surface area contributed by atoms with Gasteiger partial charge in [0.2, 0.25) is 12.2 Å². The van der Waals surface area contributed by atoms with E-state index in [1.807, 2.05) is 0 Å². The van der Waals surface area contributed by atoms with Gasteiger partial charge in [-0.1, -0.05) is 25.7 Å². The van der Waals surface area contributed by atoms with Crippen molar-refractivity contribution in [3.63, 3.8) is 0 Å². The molecule has 0 aromatic heterocycles. The van der Waals surface area contributed by atoms with Crippen molar-refractivity contribution in [3.8, 4) is 0 Å². The van der Waals surface area contributed by atoms with Crippen LogP contribution in [-0.2, 0) is 9.59 Å². The van der Waals surface area contributed by atoms with Crippen LogP contribution in [0, 0.1) is 0 Å². The standard InChI is InChI=1S/C8H12N2O2.C6H14O2/c11-7-9-5-3-1-2-4-6-10-8-12;7-5-3-1-2-4-6-8/h1-6H2;7-8H,1-6H2. The Labute approximate surface area is 120 Å². The van der Waals surface area contributed by atoms with Gasteiger partial charge in [-0.05, 0) is 25.7 Å². The summed E-state index contributed by atoms with van der Waals surface area (Å²) in [5.41, 5.74) is 0. The van der Waals surface area contributed by atoms with Crippen LogP contribution in [-0.4, -0.2) is 48.7 Å². The van der Waals surface area contributed by atoms with Crippen molar-refractivity contribution in [1.82, 2.24) is 0 Å². The summed E-state index contributed by atoms with van der Waals surface area (Å²) in [6, 6.07) is 0. The minimum Gasteiger partial charge on any atom is -0.396 e. The van der Waals surface area contributed by atoms with Crippen molar-refractivity contribution in [3.05, 3.63) is 0 Å². The van der Waals surface area contributed by atoms with Gasteiger partial charge in [0.15, 0.2) is 0 Å². The van der Waals surface area contributed by atoms with E-state index in [1.54, 1.807) is 0 Å². The van der Waals surface area contributed by atoms with Gasteiger partial charge in [-0.3, -0.25) is 0 Å². The van der Waals surface area contributed by atoms with Crippen molar-refractivity contribution < 1.29 is 19.8 Å².